The van der Waals surface area contributed by atoms with Crippen LogP contribution in [0, 0.1) is 41.9 Å². The summed E-state index contributed by atoms with van der Waals surface area (Å²) in [6, 6.07) is 0. The number of rotatable bonds is 8. The number of methoxy groups -OCH3 is 1. The van der Waals surface area contributed by atoms with E-state index in [-0.39, 0.29) is 11.3 Å². The summed E-state index contributed by atoms with van der Waals surface area (Å²) >= 11 is 0. The zero-order valence-electron chi connectivity index (χ0n) is 19.3. The van der Waals surface area contributed by atoms with Crippen molar-refractivity contribution in [1.29, 1.82) is 0 Å². The van der Waals surface area contributed by atoms with Gasteiger partial charge in [0.05, 0.1) is 11.9 Å². The van der Waals surface area contributed by atoms with Crippen molar-refractivity contribution < 1.29 is 9.53 Å². The highest BCUT2D eigenvalue weighted by atomic mass is 16.5. The first-order chi connectivity index (χ1) is 14.5. The van der Waals surface area contributed by atoms with E-state index in [9.17, 15) is 4.79 Å². The van der Waals surface area contributed by atoms with Gasteiger partial charge in [-0.05, 0) is 74.5 Å². The average Bonchev–Trinajstić information content (AvgIpc) is 3.30. The Morgan fingerprint density at radius 2 is 1.83 bits per heavy atom. The van der Waals surface area contributed by atoms with Gasteiger partial charge in [0.2, 0.25) is 0 Å². The minimum atomic E-state index is 0.181. The minimum Gasteiger partial charge on any atom is -0.384 e. The molecule has 1 heterocycles. The molecule has 0 amide bonds. The van der Waals surface area contributed by atoms with Crippen LogP contribution in [-0.4, -0.2) is 34.5 Å². The number of aromatic nitrogens is 3. The number of ether oxygens (including phenoxy) is 1. The number of aryl methyl sites for hydroxylation is 1. The molecule has 0 radical (unpaired) electrons. The van der Waals surface area contributed by atoms with Crippen molar-refractivity contribution in [3.63, 3.8) is 0 Å². The van der Waals surface area contributed by atoms with E-state index in [0.29, 0.717) is 12.3 Å². The normalized spacial score (nSPS) is 36.6. The van der Waals surface area contributed by atoms with Crippen LogP contribution in [0.3, 0.4) is 0 Å². The lowest BCUT2D eigenvalue weighted by atomic mass is 9.59. The molecule has 3 aliphatic rings. The average molecular weight is 416 g/mol. The summed E-state index contributed by atoms with van der Waals surface area (Å²) in [7, 11) is 1.86. The number of ketones is 1. The van der Waals surface area contributed by atoms with Crippen LogP contribution >= 0.6 is 0 Å². The molecular formula is C25H41N3O2. The van der Waals surface area contributed by atoms with Crippen molar-refractivity contribution in [2.24, 2.45) is 35.0 Å². The fourth-order valence-corrected chi connectivity index (χ4v) is 7.45. The van der Waals surface area contributed by atoms with Crippen LogP contribution in [0.25, 0.3) is 0 Å². The molecule has 6 unspecified atom stereocenters. The van der Waals surface area contributed by atoms with E-state index in [0.717, 1.165) is 42.4 Å². The van der Waals surface area contributed by atoms with Gasteiger partial charge >= 0.3 is 0 Å². The largest absolute Gasteiger partial charge is 0.384 e. The van der Waals surface area contributed by atoms with Gasteiger partial charge < -0.3 is 4.74 Å². The Labute approximate surface area is 182 Å². The summed E-state index contributed by atoms with van der Waals surface area (Å²) < 4.78 is 5.53. The summed E-state index contributed by atoms with van der Waals surface area (Å²) in [5, 5.41) is 8.59. The Kier molecular flexibility index (Phi) is 6.96. The standard InChI is InChI=1S/C25H41N3O2/c1-18-15-26-28(27-18)16-24(29)23-13-12-22-20(9-6-14-25(22,23)2)11-10-19-7-4-5-8-21(19)17-30-3/h15,19-23H,4-14,16-17H2,1-3H3. The molecule has 30 heavy (non-hydrogen) atoms. The maximum absolute atomic E-state index is 13.2. The van der Waals surface area contributed by atoms with Gasteiger partial charge in [-0.1, -0.05) is 39.0 Å². The van der Waals surface area contributed by atoms with Crippen molar-refractivity contribution in [3.8, 4) is 0 Å². The molecule has 0 N–H and O–H groups in total. The Morgan fingerprint density at radius 1 is 1.10 bits per heavy atom. The second-order valence-corrected chi connectivity index (χ2v) is 10.7. The predicted octanol–water partition coefficient (Wildman–Crippen LogP) is 5.22. The molecule has 4 rings (SSSR count). The lowest BCUT2D eigenvalue weighted by molar-refractivity contribution is -0.128. The summed E-state index contributed by atoms with van der Waals surface area (Å²) in [5.41, 5.74) is 1.06. The summed E-state index contributed by atoms with van der Waals surface area (Å²) in [6.07, 6.45) is 16.1. The molecule has 0 spiro atoms. The second kappa shape index (κ2) is 9.50. The molecule has 6 atom stereocenters. The smallest absolute Gasteiger partial charge is 0.159 e. The van der Waals surface area contributed by atoms with E-state index in [1.54, 1.807) is 11.0 Å². The van der Waals surface area contributed by atoms with Gasteiger partial charge in [-0.15, -0.1) is 0 Å². The van der Waals surface area contributed by atoms with Gasteiger partial charge in [0.1, 0.15) is 6.54 Å². The zero-order chi connectivity index (χ0) is 21.1. The van der Waals surface area contributed by atoms with Crippen LogP contribution in [0.2, 0.25) is 0 Å². The molecule has 0 aromatic carbocycles. The highest BCUT2D eigenvalue weighted by molar-refractivity contribution is 5.81. The highest BCUT2D eigenvalue weighted by Gasteiger charge is 2.53. The third-order valence-corrected chi connectivity index (χ3v) is 8.96. The van der Waals surface area contributed by atoms with Gasteiger partial charge in [-0.2, -0.15) is 15.0 Å². The van der Waals surface area contributed by atoms with Crippen molar-refractivity contribution in [2.45, 2.75) is 91.0 Å². The van der Waals surface area contributed by atoms with Gasteiger partial charge in [0.25, 0.3) is 0 Å². The lowest BCUT2D eigenvalue weighted by Gasteiger charge is -2.45. The van der Waals surface area contributed by atoms with Crippen LogP contribution in [0.15, 0.2) is 6.20 Å². The third-order valence-electron chi connectivity index (χ3n) is 8.96. The highest BCUT2D eigenvalue weighted by Crippen LogP contribution is 2.59. The van der Waals surface area contributed by atoms with Crippen LogP contribution in [0.4, 0.5) is 0 Å². The van der Waals surface area contributed by atoms with Gasteiger partial charge in [0, 0.05) is 19.6 Å². The predicted molar refractivity (Wildman–Crippen MR) is 118 cm³/mol. The first-order valence-electron chi connectivity index (χ1n) is 12.4. The number of Topliss-reactive ketones (excluding diaryl/α,β-unsaturated/α-hetero) is 1. The topological polar surface area (TPSA) is 57.0 Å². The van der Waals surface area contributed by atoms with Crippen molar-refractivity contribution in [3.05, 3.63) is 11.9 Å². The van der Waals surface area contributed by atoms with Crippen LogP contribution in [0.1, 0.15) is 83.2 Å². The van der Waals surface area contributed by atoms with Gasteiger partial charge in [0.15, 0.2) is 5.78 Å². The maximum Gasteiger partial charge on any atom is 0.159 e. The molecule has 168 valence electrons. The molecule has 3 aliphatic carbocycles. The van der Waals surface area contributed by atoms with Crippen molar-refractivity contribution in [1.82, 2.24) is 15.0 Å². The molecule has 1 aromatic heterocycles. The Hall–Kier alpha value is -1.23. The first kappa shape index (κ1) is 22.0. The molecule has 0 aliphatic heterocycles. The van der Waals surface area contributed by atoms with Gasteiger partial charge in [-0.3, -0.25) is 4.79 Å². The lowest BCUT2D eigenvalue weighted by Crippen LogP contribution is -2.41. The molecule has 5 heteroatoms. The first-order valence-corrected chi connectivity index (χ1v) is 12.4. The Bertz CT molecular complexity index is 715. The summed E-state index contributed by atoms with van der Waals surface area (Å²) in [6.45, 7) is 5.63. The van der Waals surface area contributed by atoms with Crippen molar-refractivity contribution in [2.75, 3.05) is 13.7 Å². The number of carbonyl (C=O) groups excluding carboxylic acids is 1. The summed E-state index contributed by atoms with van der Waals surface area (Å²) in [4.78, 5) is 14.8. The minimum absolute atomic E-state index is 0.181. The Morgan fingerprint density at radius 3 is 2.57 bits per heavy atom. The van der Waals surface area contributed by atoms with E-state index in [1.807, 2.05) is 14.0 Å². The molecule has 1 aromatic rings. The number of nitrogens with zero attached hydrogens (tertiary/aromatic N) is 3. The number of carbonyl (C=O) groups is 1. The Balaban J connectivity index is 1.37. The van der Waals surface area contributed by atoms with Crippen molar-refractivity contribution >= 4 is 5.78 Å². The van der Waals surface area contributed by atoms with Gasteiger partial charge in [-0.25, -0.2) is 0 Å². The molecule has 0 saturated heterocycles. The molecule has 0 bridgehead atoms. The fraction of sp³-hybridized carbons (Fsp3) is 0.880. The van der Waals surface area contributed by atoms with Crippen LogP contribution < -0.4 is 0 Å². The monoisotopic (exact) mass is 415 g/mol. The molecule has 5 nitrogen and oxygen atoms in total. The molecule has 3 saturated carbocycles. The van der Waals surface area contributed by atoms with E-state index in [4.69, 9.17) is 4.74 Å². The molecular weight excluding hydrogens is 374 g/mol. The maximum atomic E-state index is 13.2. The third kappa shape index (κ3) is 4.51. The molecule has 3 fully saturated rings. The van der Waals surface area contributed by atoms with Crippen LogP contribution in [0.5, 0.6) is 0 Å². The summed E-state index contributed by atoms with van der Waals surface area (Å²) in [5.74, 6) is 3.67. The zero-order valence-corrected chi connectivity index (χ0v) is 19.3. The number of hydrogen-bond donors (Lipinski definition) is 0. The SMILES string of the molecule is COCC1CCCCC1CCC1CCCC2(C)C(C(=O)Cn3ncc(C)n3)CCC12. The van der Waals surface area contributed by atoms with E-state index in [2.05, 4.69) is 17.1 Å². The number of hydrogen-bond acceptors (Lipinski definition) is 4. The van der Waals surface area contributed by atoms with Crippen LogP contribution in [-0.2, 0) is 16.1 Å². The van der Waals surface area contributed by atoms with E-state index >= 15 is 0 Å². The second-order valence-electron chi connectivity index (χ2n) is 10.7. The quantitative estimate of drug-likeness (QED) is 0.584. The number of fused-ring (bicyclic) bond motifs is 1. The van der Waals surface area contributed by atoms with E-state index in [1.165, 1.54) is 64.2 Å². The van der Waals surface area contributed by atoms with E-state index < -0.39 is 0 Å². The fourth-order valence-electron chi connectivity index (χ4n) is 7.45.